The van der Waals surface area contributed by atoms with Crippen LogP contribution in [0.5, 0.6) is 11.5 Å². The van der Waals surface area contributed by atoms with Crippen LogP contribution in [0.2, 0.25) is 0 Å². The Kier molecular flexibility index (Phi) is 6.29. The third kappa shape index (κ3) is 5.42. The van der Waals surface area contributed by atoms with Crippen molar-refractivity contribution < 1.29 is 33.0 Å². The molecule has 2 rings (SSSR count). The van der Waals surface area contributed by atoms with E-state index in [0.717, 1.165) is 0 Å². The van der Waals surface area contributed by atoms with Crippen molar-refractivity contribution in [3.8, 4) is 11.5 Å². The lowest BCUT2D eigenvalue weighted by Gasteiger charge is -2.12. The Morgan fingerprint density at radius 1 is 1.20 bits per heavy atom. The zero-order valence-electron chi connectivity index (χ0n) is 12.5. The smallest absolute Gasteiger partial charge is 0.387 e. The number of aromatic hydroxyl groups is 1. The highest BCUT2D eigenvalue weighted by Crippen LogP contribution is 2.25. The number of anilines is 1. The molecule has 0 unspecified atom stereocenters. The molecule has 1 amide bonds. The van der Waals surface area contributed by atoms with Gasteiger partial charge in [0.15, 0.2) is 6.61 Å². The molecule has 25 heavy (non-hydrogen) atoms. The summed E-state index contributed by atoms with van der Waals surface area (Å²) in [5, 5.41) is 11.9. The van der Waals surface area contributed by atoms with Crippen molar-refractivity contribution in [1.82, 2.24) is 0 Å². The number of ether oxygens (including phenoxy) is 2. The molecular formula is C16H12BrF2NO5. The minimum atomic E-state index is -3.05. The van der Waals surface area contributed by atoms with E-state index in [1.807, 2.05) is 0 Å². The van der Waals surface area contributed by atoms with Crippen LogP contribution in [-0.4, -0.2) is 30.2 Å². The van der Waals surface area contributed by atoms with Crippen LogP contribution in [-0.2, 0) is 9.53 Å². The Bertz CT molecular complexity index is 785. The molecule has 0 aliphatic heterocycles. The number of rotatable bonds is 6. The Morgan fingerprint density at radius 2 is 1.92 bits per heavy atom. The highest BCUT2D eigenvalue weighted by Gasteiger charge is 2.16. The third-order valence-corrected chi connectivity index (χ3v) is 3.38. The average molecular weight is 416 g/mol. The fourth-order valence-corrected chi connectivity index (χ4v) is 2.20. The van der Waals surface area contributed by atoms with Gasteiger partial charge in [0.05, 0.1) is 5.69 Å². The van der Waals surface area contributed by atoms with E-state index in [0.29, 0.717) is 4.47 Å². The first kappa shape index (κ1) is 18.7. The van der Waals surface area contributed by atoms with Gasteiger partial charge in [0.2, 0.25) is 0 Å². The van der Waals surface area contributed by atoms with Crippen molar-refractivity contribution in [2.75, 3.05) is 11.9 Å². The fraction of sp³-hybridized carbons (Fsp3) is 0.125. The zero-order valence-corrected chi connectivity index (χ0v) is 14.1. The number of hydrogen-bond donors (Lipinski definition) is 2. The molecule has 0 atom stereocenters. The highest BCUT2D eigenvalue weighted by atomic mass is 79.9. The number of amides is 1. The second kappa shape index (κ2) is 8.43. The van der Waals surface area contributed by atoms with E-state index < -0.39 is 25.1 Å². The van der Waals surface area contributed by atoms with Crippen LogP contribution in [0.25, 0.3) is 0 Å². The van der Waals surface area contributed by atoms with Crippen LogP contribution >= 0.6 is 15.9 Å². The maximum Gasteiger partial charge on any atom is 0.387 e. The molecule has 0 fully saturated rings. The summed E-state index contributed by atoms with van der Waals surface area (Å²) >= 11 is 3.14. The van der Waals surface area contributed by atoms with E-state index in [9.17, 15) is 23.5 Å². The summed E-state index contributed by atoms with van der Waals surface area (Å²) < 4.78 is 34.3. The normalized spacial score (nSPS) is 10.4. The maximum absolute atomic E-state index is 12.3. The first-order valence-electron chi connectivity index (χ1n) is 6.86. The number of para-hydroxylation sites is 2. The molecule has 0 aliphatic rings. The Balaban J connectivity index is 1.97. The largest absolute Gasteiger partial charge is 0.507 e. The average Bonchev–Trinajstić information content (AvgIpc) is 2.56. The van der Waals surface area contributed by atoms with Gasteiger partial charge in [-0.1, -0.05) is 28.1 Å². The van der Waals surface area contributed by atoms with Crippen LogP contribution in [0.3, 0.4) is 0 Å². The molecule has 2 N–H and O–H groups in total. The minimum absolute atomic E-state index is 0.00847. The first-order chi connectivity index (χ1) is 11.9. The third-order valence-electron chi connectivity index (χ3n) is 2.89. The molecule has 6 nitrogen and oxygen atoms in total. The lowest BCUT2D eigenvalue weighted by Crippen LogP contribution is -2.21. The van der Waals surface area contributed by atoms with Crippen LogP contribution in [0.4, 0.5) is 14.5 Å². The SMILES string of the molecule is O=C(COC(=O)c1cc(Br)ccc1O)Nc1ccccc1OC(F)F. The zero-order chi connectivity index (χ0) is 18.4. The Hall–Kier alpha value is -2.68. The molecule has 0 spiro atoms. The number of esters is 1. The molecule has 0 radical (unpaired) electrons. The second-order valence-corrected chi connectivity index (χ2v) is 5.58. The van der Waals surface area contributed by atoms with Crippen molar-refractivity contribution in [3.05, 3.63) is 52.5 Å². The molecule has 0 aliphatic carbocycles. The number of hydrogen-bond acceptors (Lipinski definition) is 5. The van der Waals surface area contributed by atoms with Crippen molar-refractivity contribution in [3.63, 3.8) is 0 Å². The van der Waals surface area contributed by atoms with Gasteiger partial charge >= 0.3 is 12.6 Å². The number of benzene rings is 2. The van der Waals surface area contributed by atoms with E-state index in [1.165, 1.54) is 42.5 Å². The summed E-state index contributed by atoms with van der Waals surface area (Å²) in [4.78, 5) is 23.7. The number of phenols is 1. The summed E-state index contributed by atoms with van der Waals surface area (Å²) in [6.07, 6.45) is 0. The number of alkyl halides is 2. The van der Waals surface area contributed by atoms with Gasteiger partial charge in [0.1, 0.15) is 17.1 Å². The molecule has 0 aromatic heterocycles. The topological polar surface area (TPSA) is 84.9 Å². The molecule has 9 heteroatoms. The standard InChI is InChI=1S/C16H12BrF2NO5/c17-9-5-6-12(21)10(7-9)15(23)24-8-14(22)20-11-3-1-2-4-13(11)25-16(18)19/h1-7,16,21H,8H2,(H,20,22). The van der Waals surface area contributed by atoms with Crippen LogP contribution in [0.1, 0.15) is 10.4 Å². The Labute approximate surface area is 149 Å². The summed E-state index contributed by atoms with van der Waals surface area (Å²) in [5.41, 5.74) is -0.113. The van der Waals surface area contributed by atoms with Gasteiger partial charge in [0, 0.05) is 4.47 Å². The predicted octanol–water partition coefficient (Wildman–Crippen LogP) is 3.55. The summed E-state index contributed by atoms with van der Waals surface area (Å²) in [6.45, 7) is -3.72. The summed E-state index contributed by atoms with van der Waals surface area (Å²) in [7, 11) is 0. The van der Waals surface area contributed by atoms with E-state index in [4.69, 9.17) is 4.74 Å². The van der Waals surface area contributed by atoms with Crippen LogP contribution in [0, 0.1) is 0 Å². The lowest BCUT2D eigenvalue weighted by molar-refractivity contribution is -0.119. The highest BCUT2D eigenvalue weighted by molar-refractivity contribution is 9.10. The van der Waals surface area contributed by atoms with Gasteiger partial charge in [-0.2, -0.15) is 8.78 Å². The number of phenolic OH excluding ortho intramolecular Hbond substituents is 1. The van der Waals surface area contributed by atoms with Gasteiger partial charge < -0.3 is 19.9 Å². The van der Waals surface area contributed by atoms with Gasteiger partial charge in [0.25, 0.3) is 5.91 Å². The van der Waals surface area contributed by atoms with Gasteiger partial charge in [-0.15, -0.1) is 0 Å². The van der Waals surface area contributed by atoms with Crippen molar-refractivity contribution in [1.29, 1.82) is 0 Å². The molecule has 132 valence electrons. The molecule has 0 heterocycles. The molecule has 2 aromatic rings. The van der Waals surface area contributed by atoms with Crippen molar-refractivity contribution >= 4 is 33.5 Å². The lowest BCUT2D eigenvalue weighted by atomic mass is 10.2. The minimum Gasteiger partial charge on any atom is -0.507 e. The molecule has 2 aromatic carbocycles. The number of carbonyl (C=O) groups is 2. The summed E-state index contributed by atoms with van der Waals surface area (Å²) in [6, 6.07) is 9.74. The quantitative estimate of drug-likeness (QED) is 0.704. The first-order valence-corrected chi connectivity index (χ1v) is 7.65. The van der Waals surface area contributed by atoms with Crippen LogP contribution in [0.15, 0.2) is 46.9 Å². The number of carbonyl (C=O) groups excluding carboxylic acids is 2. The van der Waals surface area contributed by atoms with E-state index >= 15 is 0 Å². The van der Waals surface area contributed by atoms with E-state index in [1.54, 1.807) is 0 Å². The second-order valence-electron chi connectivity index (χ2n) is 4.66. The number of nitrogens with one attached hydrogen (secondary N) is 1. The van der Waals surface area contributed by atoms with E-state index in [-0.39, 0.29) is 22.7 Å². The van der Waals surface area contributed by atoms with Crippen molar-refractivity contribution in [2.24, 2.45) is 0 Å². The monoisotopic (exact) mass is 415 g/mol. The van der Waals surface area contributed by atoms with Crippen LogP contribution < -0.4 is 10.1 Å². The summed E-state index contributed by atoms with van der Waals surface area (Å²) in [5.74, 6) is -2.19. The van der Waals surface area contributed by atoms with Gasteiger partial charge in [-0.05, 0) is 30.3 Å². The predicted molar refractivity (Wildman–Crippen MR) is 87.8 cm³/mol. The maximum atomic E-state index is 12.3. The number of halogens is 3. The van der Waals surface area contributed by atoms with Gasteiger partial charge in [-0.3, -0.25) is 4.79 Å². The molecular weight excluding hydrogens is 404 g/mol. The van der Waals surface area contributed by atoms with Crippen molar-refractivity contribution in [2.45, 2.75) is 6.61 Å². The molecule has 0 saturated carbocycles. The molecule has 0 bridgehead atoms. The molecule has 0 saturated heterocycles. The fourth-order valence-electron chi connectivity index (χ4n) is 1.84. The van der Waals surface area contributed by atoms with E-state index in [2.05, 4.69) is 26.0 Å². The Morgan fingerprint density at radius 3 is 2.64 bits per heavy atom. The van der Waals surface area contributed by atoms with Gasteiger partial charge in [-0.25, -0.2) is 4.79 Å².